The molecule has 1 aliphatic rings. The van der Waals surface area contributed by atoms with Crippen LogP contribution in [0.25, 0.3) is 0 Å². The number of hydrogen-bond acceptors (Lipinski definition) is 7. The highest BCUT2D eigenvalue weighted by Gasteiger charge is 2.22. The Balaban J connectivity index is 1.46. The average molecular weight is 425 g/mol. The van der Waals surface area contributed by atoms with Crippen LogP contribution in [-0.4, -0.2) is 38.1 Å². The summed E-state index contributed by atoms with van der Waals surface area (Å²) in [6, 6.07) is 6.24. The van der Waals surface area contributed by atoms with Crippen LogP contribution in [0, 0.1) is 5.82 Å². The van der Waals surface area contributed by atoms with Crippen molar-refractivity contribution in [1.29, 1.82) is 0 Å². The third kappa shape index (κ3) is 4.50. The van der Waals surface area contributed by atoms with Gasteiger partial charge in [-0.3, -0.25) is 9.97 Å². The van der Waals surface area contributed by atoms with E-state index in [1.54, 1.807) is 36.9 Å². The second-order valence-corrected chi connectivity index (χ2v) is 7.19. The van der Waals surface area contributed by atoms with Crippen molar-refractivity contribution in [2.75, 3.05) is 6.54 Å². The van der Waals surface area contributed by atoms with Gasteiger partial charge in [-0.25, -0.2) is 14.4 Å². The fraction of sp³-hybridized carbons (Fsp3) is 0.190. The standard InChI is InChI=1S/C21H18ClFN6O/c22-18-7-13(1-2-19(18)23)8-20(29-30)16-3-4-27-21-17(16)9-14(28-21)10-25-12-15-11-24-5-6-26-15/h1-7,11,25,30H,8-10,12H2/b29-20+. The van der Waals surface area contributed by atoms with E-state index in [2.05, 4.69) is 30.4 Å². The molecule has 0 amide bonds. The van der Waals surface area contributed by atoms with Crippen molar-refractivity contribution in [3.8, 4) is 0 Å². The molecular weight excluding hydrogens is 407 g/mol. The molecule has 1 aromatic carbocycles. The summed E-state index contributed by atoms with van der Waals surface area (Å²) in [7, 11) is 0. The first-order valence-corrected chi connectivity index (χ1v) is 9.67. The Morgan fingerprint density at radius 3 is 2.83 bits per heavy atom. The zero-order chi connectivity index (χ0) is 20.9. The van der Waals surface area contributed by atoms with E-state index >= 15 is 0 Å². The molecule has 7 nitrogen and oxygen atoms in total. The number of rotatable bonds is 7. The van der Waals surface area contributed by atoms with Crippen LogP contribution in [0.4, 0.5) is 10.2 Å². The number of halogens is 2. The molecular formula is C21H18ClFN6O. The summed E-state index contributed by atoms with van der Waals surface area (Å²) >= 11 is 5.87. The SMILES string of the molecule is O/N=C(\Cc1ccc(F)c(Cl)c1)c1ccnc2c1CC(CNCc1cnccn1)=N2. The lowest BCUT2D eigenvalue weighted by atomic mass is 9.97. The normalized spacial score (nSPS) is 13.3. The van der Waals surface area contributed by atoms with Gasteiger partial charge in [0.25, 0.3) is 0 Å². The van der Waals surface area contributed by atoms with Crippen LogP contribution in [0.1, 0.15) is 22.4 Å². The molecule has 0 spiro atoms. The van der Waals surface area contributed by atoms with Gasteiger partial charge in [0, 0.05) is 67.6 Å². The number of nitrogens with zero attached hydrogens (tertiary/aromatic N) is 5. The summed E-state index contributed by atoms with van der Waals surface area (Å²) in [5, 5.41) is 16.4. The predicted octanol–water partition coefficient (Wildman–Crippen LogP) is 3.50. The van der Waals surface area contributed by atoms with Gasteiger partial charge in [-0.05, 0) is 23.8 Å². The smallest absolute Gasteiger partial charge is 0.156 e. The maximum absolute atomic E-state index is 13.4. The van der Waals surface area contributed by atoms with Crippen molar-refractivity contribution in [1.82, 2.24) is 20.3 Å². The number of fused-ring (bicyclic) bond motifs is 1. The summed E-state index contributed by atoms with van der Waals surface area (Å²) in [6.07, 6.45) is 7.52. The Morgan fingerprint density at radius 2 is 2.07 bits per heavy atom. The van der Waals surface area contributed by atoms with Crippen LogP contribution in [0.2, 0.25) is 5.02 Å². The molecule has 0 saturated heterocycles. The largest absolute Gasteiger partial charge is 0.411 e. The third-order valence-corrected chi connectivity index (χ3v) is 5.01. The number of pyridine rings is 1. The Hall–Kier alpha value is -3.23. The van der Waals surface area contributed by atoms with Crippen LogP contribution < -0.4 is 5.32 Å². The van der Waals surface area contributed by atoms with Crippen molar-refractivity contribution in [3.05, 3.63) is 82.3 Å². The van der Waals surface area contributed by atoms with Gasteiger partial charge in [-0.2, -0.15) is 0 Å². The molecule has 0 atom stereocenters. The topological polar surface area (TPSA) is 95.7 Å². The molecule has 0 unspecified atom stereocenters. The molecule has 30 heavy (non-hydrogen) atoms. The monoisotopic (exact) mass is 424 g/mol. The minimum atomic E-state index is -0.486. The van der Waals surface area contributed by atoms with E-state index in [1.807, 2.05) is 0 Å². The van der Waals surface area contributed by atoms with E-state index in [1.165, 1.54) is 12.1 Å². The zero-order valence-electron chi connectivity index (χ0n) is 15.9. The Labute approximate surface area is 177 Å². The Morgan fingerprint density at radius 1 is 1.17 bits per heavy atom. The first kappa shape index (κ1) is 20.1. The van der Waals surface area contributed by atoms with Gasteiger partial charge >= 0.3 is 0 Å². The second kappa shape index (κ2) is 9.06. The highest BCUT2D eigenvalue weighted by atomic mass is 35.5. The van der Waals surface area contributed by atoms with Crippen molar-refractivity contribution in [3.63, 3.8) is 0 Å². The molecule has 2 aromatic heterocycles. The lowest BCUT2D eigenvalue weighted by Gasteiger charge is -2.10. The molecule has 0 radical (unpaired) electrons. The van der Waals surface area contributed by atoms with Gasteiger partial charge in [0.05, 0.1) is 16.4 Å². The third-order valence-electron chi connectivity index (χ3n) is 4.72. The maximum atomic E-state index is 13.4. The number of oxime groups is 1. The molecule has 0 fully saturated rings. The minimum absolute atomic E-state index is 0.0320. The van der Waals surface area contributed by atoms with Crippen molar-refractivity contribution >= 4 is 28.8 Å². The molecule has 9 heteroatoms. The van der Waals surface area contributed by atoms with Gasteiger partial charge in [-0.15, -0.1) is 0 Å². The molecule has 4 rings (SSSR count). The highest BCUT2D eigenvalue weighted by Crippen LogP contribution is 2.28. The first-order chi connectivity index (χ1) is 14.6. The van der Waals surface area contributed by atoms with E-state index in [9.17, 15) is 9.60 Å². The summed E-state index contributed by atoms with van der Waals surface area (Å²) in [5.74, 6) is 0.127. The highest BCUT2D eigenvalue weighted by molar-refractivity contribution is 6.30. The Bertz CT molecular complexity index is 1120. The van der Waals surface area contributed by atoms with E-state index in [0.29, 0.717) is 37.5 Å². The number of aliphatic imine (C=N–C) groups is 1. The fourth-order valence-electron chi connectivity index (χ4n) is 3.30. The van der Waals surface area contributed by atoms with Crippen molar-refractivity contribution in [2.45, 2.75) is 19.4 Å². The lowest BCUT2D eigenvalue weighted by molar-refractivity contribution is 0.318. The van der Waals surface area contributed by atoms with Crippen LogP contribution in [0.3, 0.4) is 0 Å². The van der Waals surface area contributed by atoms with Gasteiger partial charge in [0.1, 0.15) is 5.82 Å². The van der Waals surface area contributed by atoms with Gasteiger partial charge in [0.15, 0.2) is 5.82 Å². The molecule has 152 valence electrons. The predicted molar refractivity (Wildman–Crippen MR) is 112 cm³/mol. The van der Waals surface area contributed by atoms with Crippen molar-refractivity contribution in [2.24, 2.45) is 10.1 Å². The minimum Gasteiger partial charge on any atom is -0.411 e. The first-order valence-electron chi connectivity index (χ1n) is 9.29. The molecule has 2 N–H and O–H groups in total. The molecule has 1 aliphatic heterocycles. The number of aromatic nitrogens is 3. The number of hydrogen-bond donors (Lipinski definition) is 2. The van der Waals surface area contributed by atoms with Crippen LogP contribution >= 0.6 is 11.6 Å². The van der Waals surface area contributed by atoms with Gasteiger partial charge in [0.2, 0.25) is 0 Å². The average Bonchev–Trinajstić information content (AvgIpc) is 3.18. The molecule has 3 aromatic rings. The molecule has 0 saturated carbocycles. The van der Waals surface area contributed by atoms with E-state index in [0.717, 1.165) is 28.1 Å². The number of nitrogens with one attached hydrogen (secondary N) is 1. The zero-order valence-corrected chi connectivity index (χ0v) is 16.6. The number of benzene rings is 1. The Kier molecular flexibility index (Phi) is 6.06. The maximum Gasteiger partial charge on any atom is 0.156 e. The summed E-state index contributed by atoms with van der Waals surface area (Å²) in [5.41, 5.74) is 4.62. The second-order valence-electron chi connectivity index (χ2n) is 6.79. The quantitative estimate of drug-likeness (QED) is 0.344. The summed E-state index contributed by atoms with van der Waals surface area (Å²) < 4.78 is 13.4. The summed E-state index contributed by atoms with van der Waals surface area (Å²) in [6.45, 7) is 1.16. The van der Waals surface area contributed by atoms with Gasteiger partial charge < -0.3 is 10.5 Å². The van der Waals surface area contributed by atoms with Gasteiger partial charge in [-0.1, -0.05) is 22.8 Å². The fourth-order valence-corrected chi connectivity index (χ4v) is 3.50. The van der Waals surface area contributed by atoms with Crippen LogP contribution in [0.5, 0.6) is 0 Å². The lowest BCUT2D eigenvalue weighted by Crippen LogP contribution is -2.23. The van der Waals surface area contributed by atoms with E-state index in [4.69, 9.17) is 11.6 Å². The van der Waals surface area contributed by atoms with E-state index < -0.39 is 5.82 Å². The van der Waals surface area contributed by atoms with Crippen LogP contribution in [0.15, 0.2) is 59.2 Å². The molecule has 0 bridgehead atoms. The summed E-state index contributed by atoms with van der Waals surface area (Å²) in [4.78, 5) is 17.2. The van der Waals surface area contributed by atoms with E-state index in [-0.39, 0.29) is 5.02 Å². The molecule has 3 heterocycles. The van der Waals surface area contributed by atoms with Crippen LogP contribution in [-0.2, 0) is 19.4 Å². The van der Waals surface area contributed by atoms with Crippen molar-refractivity contribution < 1.29 is 9.60 Å². The molecule has 0 aliphatic carbocycles.